The third-order valence-corrected chi connectivity index (χ3v) is 5.54. The van der Waals surface area contributed by atoms with E-state index in [1.54, 1.807) is 4.90 Å². The Kier molecular flexibility index (Phi) is 4.37. The highest BCUT2D eigenvalue weighted by Gasteiger charge is 2.63. The molecule has 0 aliphatic carbocycles. The molecule has 1 saturated heterocycles. The van der Waals surface area contributed by atoms with E-state index >= 15 is 4.39 Å². The fraction of sp³-hybridized carbons (Fsp3) is 0.136. The fourth-order valence-electron chi connectivity index (χ4n) is 3.57. The number of hydrogen-bond acceptors (Lipinski definition) is 1. The molecule has 1 aliphatic rings. The molecule has 0 spiro atoms. The normalized spacial score (nSPS) is 22.3. The summed E-state index contributed by atoms with van der Waals surface area (Å²) >= 11 is 3.03. The summed E-state index contributed by atoms with van der Waals surface area (Å²) in [5, 5.41) is 0. The molecular weight excluding hydrogens is 393 g/mol. The second-order valence-corrected chi connectivity index (χ2v) is 7.53. The molecule has 2 nitrogen and oxygen atoms in total. The minimum Gasteiger partial charge on any atom is -0.316 e. The number of nitrogens with zero attached hydrogens (tertiary/aromatic N) is 1. The van der Waals surface area contributed by atoms with Crippen LogP contribution >= 0.6 is 15.9 Å². The van der Waals surface area contributed by atoms with Crippen LogP contribution in [-0.4, -0.2) is 15.4 Å². The van der Waals surface area contributed by atoms with Gasteiger partial charge in [-0.15, -0.1) is 0 Å². The average molecular weight is 410 g/mol. The van der Waals surface area contributed by atoms with Crippen molar-refractivity contribution in [3.63, 3.8) is 0 Å². The van der Waals surface area contributed by atoms with Crippen molar-refractivity contribution in [3.8, 4) is 0 Å². The number of β-lactam (4-membered cyclic amide) rings is 1. The SMILES string of the molecule is O=C1N(C(c2ccccc2)c2ccccc2)[C@@H](c2ccccc2)[C@@]1(F)Br. The van der Waals surface area contributed by atoms with Gasteiger partial charge in [0.2, 0.25) is 0 Å². The lowest BCUT2D eigenvalue weighted by Crippen LogP contribution is -2.63. The number of carbonyl (C=O) groups excluding carboxylic acids is 1. The van der Waals surface area contributed by atoms with Crippen molar-refractivity contribution in [3.05, 3.63) is 108 Å². The zero-order chi connectivity index (χ0) is 18.1. The van der Waals surface area contributed by atoms with E-state index in [4.69, 9.17) is 0 Å². The highest BCUT2D eigenvalue weighted by atomic mass is 79.9. The number of alkyl halides is 2. The molecular formula is C22H17BrFNO. The summed E-state index contributed by atoms with van der Waals surface area (Å²) < 4.78 is 13.0. The molecule has 0 saturated carbocycles. The van der Waals surface area contributed by atoms with E-state index in [2.05, 4.69) is 15.9 Å². The standard InChI is InChI=1S/C22H17BrFNO/c23-22(24)20(18-14-8-3-9-15-18)25(21(22)26)19(16-10-4-1-5-11-16)17-12-6-2-7-13-17/h1-15,19-20H/t20-,22-/m0/s1. The molecule has 130 valence electrons. The van der Waals surface area contributed by atoms with E-state index in [1.165, 1.54) is 0 Å². The molecule has 0 radical (unpaired) electrons. The molecule has 0 aromatic heterocycles. The van der Waals surface area contributed by atoms with E-state index in [0.717, 1.165) is 16.7 Å². The van der Waals surface area contributed by atoms with Crippen LogP contribution in [0.25, 0.3) is 0 Å². The van der Waals surface area contributed by atoms with Crippen molar-refractivity contribution >= 4 is 21.8 Å². The van der Waals surface area contributed by atoms with Gasteiger partial charge >= 0.3 is 0 Å². The third kappa shape index (κ3) is 2.74. The molecule has 26 heavy (non-hydrogen) atoms. The van der Waals surface area contributed by atoms with Crippen LogP contribution in [0.15, 0.2) is 91.0 Å². The predicted octanol–water partition coefficient (Wildman–Crippen LogP) is 5.42. The fourth-order valence-corrected chi connectivity index (χ4v) is 4.26. The van der Waals surface area contributed by atoms with Crippen molar-refractivity contribution < 1.29 is 9.18 Å². The summed E-state index contributed by atoms with van der Waals surface area (Å²) in [6.45, 7) is 0. The Hall–Kier alpha value is -2.46. The van der Waals surface area contributed by atoms with Crippen molar-refractivity contribution in [1.82, 2.24) is 4.90 Å². The molecule has 1 fully saturated rings. The first kappa shape index (κ1) is 17.0. The monoisotopic (exact) mass is 409 g/mol. The predicted molar refractivity (Wildman–Crippen MR) is 104 cm³/mol. The number of benzene rings is 3. The van der Waals surface area contributed by atoms with Crippen LogP contribution < -0.4 is 0 Å². The number of amides is 1. The van der Waals surface area contributed by atoms with Gasteiger partial charge in [-0.05, 0) is 32.6 Å². The summed E-state index contributed by atoms with van der Waals surface area (Å²) in [5.74, 6) is -0.552. The van der Waals surface area contributed by atoms with Crippen molar-refractivity contribution in [1.29, 1.82) is 0 Å². The molecule has 2 atom stereocenters. The Labute approximate surface area is 160 Å². The molecule has 4 heteroatoms. The van der Waals surface area contributed by atoms with Crippen molar-refractivity contribution in [2.75, 3.05) is 0 Å². The van der Waals surface area contributed by atoms with Crippen LogP contribution in [0.1, 0.15) is 28.8 Å². The minimum absolute atomic E-state index is 0.350. The van der Waals surface area contributed by atoms with Gasteiger partial charge in [-0.2, -0.15) is 0 Å². The van der Waals surface area contributed by atoms with Crippen LogP contribution in [-0.2, 0) is 4.79 Å². The van der Waals surface area contributed by atoms with E-state index < -0.39 is 16.5 Å². The van der Waals surface area contributed by atoms with E-state index in [-0.39, 0.29) is 6.04 Å². The third-order valence-electron chi connectivity index (χ3n) is 4.77. The van der Waals surface area contributed by atoms with Gasteiger partial charge in [0.05, 0.1) is 6.04 Å². The van der Waals surface area contributed by atoms with Crippen LogP contribution in [0.3, 0.4) is 0 Å². The Balaban J connectivity index is 1.84. The zero-order valence-corrected chi connectivity index (χ0v) is 15.5. The van der Waals surface area contributed by atoms with Gasteiger partial charge in [0.15, 0.2) is 0 Å². The number of carbonyl (C=O) groups is 1. The molecule has 3 aromatic carbocycles. The number of hydrogen-bond donors (Lipinski definition) is 0. The zero-order valence-electron chi connectivity index (χ0n) is 13.9. The number of likely N-dealkylation sites (tertiary alicyclic amines) is 1. The lowest BCUT2D eigenvalue weighted by atomic mass is 9.85. The molecule has 1 heterocycles. The van der Waals surface area contributed by atoms with Gasteiger partial charge < -0.3 is 4.90 Å². The van der Waals surface area contributed by atoms with Crippen LogP contribution in [0.4, 0.5) is 4.39 Å². The lowest BCUT2D eigenvalue weighted by Gasteiger charge is -2.52. The van der Waals surface area contributed by atoms with Crippen LogP contribution in [0.2, 0.25) is 0 Å². The molecule has 0 N–H and O–H groups in total. The van der Waals surface area contributed by atoms with Gasteiger partial charge in [-0.25, -0.2) is 4.39 Å². The molecule has 3 aromatic rings. The Morgan fingerprint density at radius 2 is 1.23 bits per heavy atom. The molecule has 1 amide bonds. The molecule has 0 unspecified atom stereocenters. The van der Waals surface area contributed by atoms with Gasteiger partial charge in [0, 0.05) is 0 Å². The summed E-state index contributed by atoms with van der Waals surface area (Å²) in [6, 6.07) is 27.8. The van der Waals surface area contributed by atoms with Gasteiger partial charge in [-0.3, -0.25) is 4.79 Å². The quantitative estimate of drug-likeness (QED) is 0.416. The summed E-state index contributed by atoms with van der Waals surface area (Å²) in [7, 11) is 0. The van der Waals surface area contributed by atoms with Crippen molar-refractivity contribution in [2.24, 2.45) is 0 Å². The average Bonchev–Trinajstić information content (AvgIpc) is 2.69. The van der Waals surface area contributed by atoms with E-state index in [9.17, 15) is 4.79 Å². The first-order valence-electron chi connectivity index (χ1n) is 8.46. The number of rotatable bonds is 4. The molecule has 4 rings (SSSR count). The summed E-state index contributed by atoms with van der Waals surface area (Å²) in [5.41, 5.74) is 2.68. The Bertz CT molecular complexity index is 860. The summed E-state index contributed by atoms with van der Waals surface area (Å²) in [4.78, 5) is 14.4. The van der Waals surface area contributed by atoms with Gasteiger partial charge in [0.1, 0.15) is 6.04 Å². The largest absolute Gasteiger partial charge is 0.316 e. The Morgan fingerprint density at radius 1 is 0.808 bits per heavy atom. The lowest BCUT2D eigenvalue weighted by molar-refractivity contribution is -0.166. The summed E-state index contributed by atoms with van der Waals surface area (Å²) in [6.07, 6.45) is 0. The van der Waals surface area contributed by atoms with Gasteiger partial charge in [0.25, 0.3) is 10.5 Å². The van der Waals surface area contributed by atoms with Crippen molar-refractivity contribution in [2.45, 2.75) is 16.7 Å². The highest BCUT2D eigenvalue weighted by molar-refractivity contribution is 9.10. The van der Waals surface area contributed by atoms with E-state index in [1.807, 2.05) is 91.0 Å². The van der Waals surface area contributed by atoms with Gasteiger partial charge in [-0.1, -0.05) is 91.0 Å². The first-order valence-corrected chi connectivity index (χ1v) is 9.25. The maximum Gasteiger partial charge on any atom is 0.275 e. The minimum atomic E-state index is -2.09. The first-order chi connectivity index (χ1) is 12.6. The maximum atomic E-state index is 15.1. The second-order valence-electron chi connectivity index (χ2n) is 6.37. The maximum absolute atomic E-state index is 15.1. The Morgan fingerprint density at radius 3 is 1.69 bits per heavy atom. The molecule has 1 aliphatic heterocycles. The van der Waals surface area contributed by atoms with Crippen LogP contribution in [0.5, 0.6) is 0 Å². The van der Waals surface area contributed by atoms with E-state index in [0.29, 0.717) is 0 Å². The highest BCUT2D eigenvalue weighted by Crippen LogP contribution is 2.55. The topological polar surface area (TPSA) is 20.3 Å². The molecule has 0 bridgehead atoms. The van der Waals surface area contributed by atoms with Crippen LogP contribution in [0, 0.1) is 0 Å². The smallest absolute Gasteiger partial charge is 0.275 e. The second kappa shape index (κ2) is 6.69. The number of halogens is 2.